The number of thioether (sulfide) groups is 1. The lowest BCUT2D eigenvalue weighted by Crippen LogP contribution is -2.37. The van der Waals surface area contributed by atoms with Gasteiger partial charge in [0.25, 0.3) is 0 Å². The molecule has 2 heterocycles. The van der Waals surface area contributed by atoms with Crippen LogP contribution in [0.2, 0.25) is 10.0 Å². The molecule has 152 valence electrons. The number of rotatable bonds is 7. The molecule has 2 atom stereocenters. The van der Waals surface area contributed by atoms with Crippen molar-refractivity contribution >= 4 is 40.9 Å². The van der Waals surface area contributed by atoms with Gasteiger partial charge in [-0.2, -0.15) is 0 Å². The number of amides is 1. The van der Waals surface area contributed by atoms with E-state index in [-0.39, 0.29) is 17.2 Å². The summed E-state index contributed by atoms with van der Waals surface area (Å²) < 4.78 is 1.86. The van der Waals surface area contributed by atoms with Crippen LogP contribution in [-0.2, 0) is 4.79 Å². The Morgan fingerprint density at radius 3 is 2.66 bits per heavy atom. The highest BCUT2D eigenvalue weighted by Crippen LogP contribution is 2.32. The van der Waals surface area contributed by atoms with E-state index in [0.29, 0.717) is 21.0 Å². The van der Waals surface area contributed by atoms with Crippen molar-refractivity contribution in [3.05, 3.63) is 52.8 Å². The summed E-state index contributed by atoms with van der Waals surface area (Å²) in [7, 11) is 0. The Balaban J connectivity index is 2.00. The summed E-state index contributed by atoms with van der Waals surface area (Å²) in [5.41, 5.74) is 1.55. The van der Waals surface area contributed by atoms with Crippen LogP contribution in [0.3, 0.4) is 0 Å². The monoisotopic (exact) mass is 449 g/mol. The standard InChI is InChI=1S/C20H21Cl2N5OS/c1-4-12(2)24-19(28)13(3)29-20-26-25-18(14-6-5-9-23-11-14)27(20)15-7-8-16(21)17(22)10-15/h5-13H,4H2,1-3H3,(H,24,28)/t12-,13+/m1/s1. The van der Waals surface area contributed by atoms with Crippen molar-refractivity contribution in [2.75, 3.05) is 0 Å². The first-order valence-electron chi connectivity index (χ1n) is 9.19. The van der Waals surface area contributed by atoms with Gasteiger partial charge in [-0.3, -0.25) is 14.3 Å². The fourth-order valence-corrected chi connectivity index (χ4v) is 3.73. The van der Waals surface area contributed by atoms with Crippen LogP contribution in [0.1, 0.15) is 27.2 Å². The van der Waals surface area contributed by atoms with Crippen LogP contribution < -0.4 is 5.32 Å². The minimum absolute atomic E-state index is 0.0454. The van der Waals surface area contributed by atoms with E-state index < -0.39 is 0 Å². The Labute approximate surface area is 184 Å². The van der Waals surface area contributed by atoms with E-state index in [1.807, 2.05) is 43.5 Å². The average Bonchev–Trinajstić information content (AvgIpc) is 3.14. The number of halogens is 2. The third kappa shape index (κ3) is 5.10. The van der Waals surface area contributed by atoms with Crippen LogP contribution in [0.5, 0.6) is 0 Å². The van der Waals surface area contributed by atoms with Crippen molar-refractivity contribution in [1.29, 1.82) is 0 Å². The van der Waals surface area contributed by atoms with E-state index in [1.54, 1.807) is 24.5 Å². The lowest BCUT2D eigenvalue weighted by Gasteiger charge is -2.16. The van der Waals surface area contributed by atoms with Gasteiger partial charge >= 0.3 is 0 Å². The van der Waals surface area contributed by atoms with Crippen molar-refractivity contribution in [1.82, 2.24) is 25.1 Å². The molecular weight excluding hydrogens is 429 g/mol. The van der Waals surface area contributed by atoms with Gasteiger partial charge in [-0.05, 0) is 50.6 Å². The predicted molar refractivity (Wildman–Crippen MR) is 118 cm³/mol. The van der Waals surface area contributed by atoms with E-state index in [9.17, 15) is 4.79 Å². The Bertz CT molecular complexity index is 996. The summed E-state index contributed by atoms with van der Waals surface area (Å²) >= 11 is 13.7. The number of nitrogens with one attached hydrogen (secondary N) is 1. The largest absolute Gasteiger partial charge is 0.353 e. The summed E-state index contributed by atoms with van der Waals surface area (Å²) in [5, 5.41) is 12.8. The summed E-state index contributed by atoms with van der Waals surface area (Å²) in [4.78, 5) is 16.7. The number of aromatic nitrogens is 4. The van der Waals surface area contributed by atoms with Crippen LogP contribution in [0.25, 0.3) is 17.1 Å². The Morgan fingerprint density at radius 1 is 1.21 bits per heavy atom. The Morgan fingerprint density at radius 2 is 2.00 bits per heavy atom. The highest BCUT2D eigenvalue weighted by molar-refractivity contribution is 8.00. The molecule has 29 heavy (non-hydrogen) atoms. The maximum Gasteiger partial charge on any atom is 0.233 e. The van der Waals surface area contributed by atoms with Crippen LogP contribution in [0.4, 0.5) is 0 Å². The molecule has 1 amide bonds. The quantitative estimate of drug-likeness (QED) is 0.511. The minimum atomic E-state index is -0.350. The van der Waals surface area contributed by atoms with Gasteiger partial charge in [0.2, 0.25) is 5.91 Å². The second-order valence-corrected chi connectivity index (χ2v) is 8.68. The molecule has 0 unspecified atom stereocenters. The molecule has 1 N–H and O–H groups in total. The third-order valence-corrected chi connectivity index (χ3v) is 6.15. The molecule has 1 aromatic carbocycles. The normalized spacial score (nSPS) is 13.1. The molecule has 0 saturated carbocycles. The first-order chi connectivity index (χ1) is 13.9. The molecule has 0 fully saturated rings. The molecule has 0 radical (unpaired) electrons. The molecule has 0 aliphatic carbocycles. The van der Waals surface area contributed by atoms with Gasteiger partial charge in [0, 0.05) is 24.0 Å². The molecule has 3 rings (SSSR count). The van der Waals surface area contributed by atoms with Crippen molar-refractivity contribution in [2.45, 2.75) is 43.6 Å². The number of hydrogen-bond donors (Lipinski definition) is 1. The second-order valence-electron chi connectivity index (χ2n) is 6.56. The van der Waals surface area contributed by atoms with Crippen LogP contribution in [0.15, 0.2) is 47.9 Å². The second kappa shape index (κ2) is 9.61. The van der Waals surface area contributed by atoms with Gasteiger partial charge < -0.3 is 5.32 Å². The zero-order valence-electron chi connectivity index (χ0n) is 16.3. The van der Waals surface area contributed by atoms with Gasteiger partial charge in [-0.15, -0.1) is 10.2 Å². The van der Waals surface area contributed by atoms with Crippen molar-refractivity contribution in [3.63, 3.8) is 0 Å². The SMILES string of the molecule is CC[C@@H](C)NC(=O)[C@H](C)Sc1nnc(-c2cccnc2)n1-c1ccc(Cl)c(Cl)c1. The summed E-state index contributed by atoms with van der Waals surface area (Å²) in [6.07, 6.45) is 4.28. The number of carbonyl (C=O) groups is 1. The summed E-state index contributed by atoms with van der Waals surface area (Å²) in [6, 6.07) is 9.16. The minimum Gasteiger partial charge on any atom is -0.353 e. The van der Waals surface area contributed by atoms with Gasteiger partial charge in [0.15, 0.2) is 11.0 Å². The van der Waals surface area contributed by atoms with Crippen LogP contribution in [0, 0.1) is 0 Å². The van der Waals surface area contributed by atoms with Gasteiger partial charge in [-0.25, -0.2) is 0 Å². The Kier molecular flexibility index (Phi) is 7.16. The first-order valence-corrected chi connectivity index (χ1v) is 10.8. The molecule has 0 saturated heterocycles. The van der Waals surface area contributed by atoms with E-state index >= 15 is 0 Å². The average molecular weight is 450 g/mol. The molecule has 6 nitrogen and oxygen atoms in total. The van der Waals surface area contributed by atoms with E-state index in [2.05, 4.69) is 20.5 Å². The maximum atomic E-state index is 12.5. The van der Waals surface area contributed by atoms with E-state index in [0.717, 1.165) is 17.7 Å². The van der Waals surface area contributed by atoms with Crippen LogP contribution in [-0.4, -0.2) is 36.9 Å². The predicted octanol–water partition coefficient (Wildman–Crippen LogP) is 5.03. The van der Waals surface area contributed by atoms with Crippen molar-refractivity contribution in [2.24, 2.45) is 0 Å². The molecule has 2 aromatic heterocycles. The Hall–Kier alpha value is -2.09. The molecular formula is C20H21Cl2N5OS. The summed E-state index contributed by atoms with van der Waals surface area (Å²) in [6.45, 7) is 5.86. The smallest absolute Gasteiger partial charge is 0.233 e. The number of nitrogens with zero attached hydrogens (tertiary/aromatic N) is 4. The van der Waals surface area contributed by atoms with Crippen molar-refractivity contribution in [3.8, 4) is 17.1 Å². The zero-order valence-corrected chi connectivity index (χ0v) is 18.6. The molecule has 0 aliphatic rings. The zero-order chi connectivity index (χ0) is 21.0. The maximum absolute atomic E-state index is 12.5. The highest BCUT2D eigenvalue weighted by Gasteiger charge is 2.23. The van der Waals surface area contributed by atoms with Crippen LogP contribution >= 0.6 is 35.0 Å². The molecule has 0 spiro atoms. The van der Waals surface area contributed by atoms with Gasteiger partial charge in [0.1, 0.15) is 0 Å². The molecule has 0 aliphatic heterocycles. The molecule has 9 heteroatoms. The topological polar surface area (TPSA) is 72.7 Å². The van der Waals surface area contributed by atoms with Gasteiger partial charge in [-0.1, -0.05) is 41.9 Å². The number of benzene rings is 1. The van der Waals surface area contributed by atoms with Gasteiger partial charge in [0.05, 0.1) is 21.0 Å². The first kappa shape index (κ1) is 21.6. The molecule has 0 bridgehead atoms. The lowest BCUT2D eigenvalue weighted by molar-refractivity contribution is -0.120. The third-order valence-electron chi connectivity index (χ3n) is 4.37. The lowest BCUT2D eigenvalue weighted by atomic mass is 10.2. The fraction of sp³-hybridized carbons (Fsp3) is 0.300. The number of pyridine rings is 1. The number of carbonyl (C=O) groups excluding carboxylic acids is 1. The fourth-order valence-electron chi connectivity index (χ4n) is 2.56. The van der Waals surface area contributed by atoms with E-state index in [1.165, 1.54) is 11.8 Å². The van der Waals surface area contributed by atoms with Crippen molar-refractivity contribution < 1.29 is 4.79 Å². The van der Waals surface area contributed by atoms with E-state index in [4.69, 9.17) is 23.2 Å². The highest BCUT2D eigenvalue weighted by atomic mass is 35.5. The summed E-state index contributed by atoms with van der Waals surface area (Å²) in [5.74, 6) is 0.560. The number of hydrogen-bond acceptors (Lipinski definition) is 5. The molecule has 3 aromatic rings.